The van der Waals surface area contributed by atoms with Gasteiger partial charge in [0.15, 0.2) is 5.82 Å². The van der Waals surface area contributed by atoms with Crippen LogP contribution in [0.3, 0.4) is 0 Å². The monoisotopic (exact) mass is 316 g/mol. The molecule has 8 heteroatoms. The van der Waals surface area contributed by atoms with Crippen molar-refractivity contribution in [3.63, 3.8) is 0 Å². The fourth-order valence-corrected chi connectivity index (χ4v) is 3.06. The van der Waals surface area contributed by atoms with Gasteiger partial charge in [0.2, 0.25) is 5.28 Å². The van der Waals surface area contributed by atoms with E-state index in [2.05, 4.69) is 15.3 Å². The third kappa shape index (κ3) is 2.79. The summed E-state index contributed by atoms with van der Waals surface area (Å²) in [5.74, 6) is -4.51. The average molecular weight is 317 g/mol. The highest BCUT2D eigenvalue weighted by Gasteiger charge is 2.46. The van der Waals surface area contributed by atoms with Gasteiger partial charge in [0.05, 0.1) is 12.7 Å². The molecule has 2 aliphatic rings. The topological polar surface area (TPSA) is 58.1 Å². The van der Waals surface area contributed by atoms with Crippen LogP contribution < -0.4 is 10.2 Å². The fourth-order valence-electron chi connectivity index (χ4n) is 2.93. The molecule has 1 aromatic heterocycles. The summed E-state index contributed by atoms with van der Waals surface area (Å²) in [6, 6.07) is -0.0537. The lowest BCUT2D eigenvalue weighted by molar-refractivity contribution is -0.138. The average Bonchev–Trinajstić information content (AvgIpc) is 2.56. The number of amides is 1. The first kappa shape index (κ1) is 14.4. The van der Waals surface area contributed by atoms with Gasteiger partial charge in [0, 0.05) is 6.04 Å². The van der Waals surface area contributed by atoms with Crippen LogP contribution in [0.1, 0.15) is 32.1 Å². The van der Waals surface area contributed by atoms with E-state index in [1.807, 2.05) is 0 Å². The number of rotatable bonds is 1. The number of halogens is 3. The minimum Gasteiger partial charge on any atom is -0.345 e. The van der Waals surface area contributed by atoms with Crippen LogP contribution in [0.2, 0.25) is 5.28 Å². The number of aromatic nitrogens is 2. The Bertz CT molecular complexity index is 563. The molecule has 21 heavy (non-hydrogen) atoms. The maximum absolute atomic E-state index is 14.0. The molecule has 1 N–H and O–H groups in total. The van der Waals surface area contributed by atoms with Crippen molar-refractivity contribution in [1.82, 2.24) is 9.97 Å². The number of hydrogen-bond acceptors (Lipinski definition) is 4. The van der Waals surface area contributed by atoms with E-state index in [1.165, 1.54) is 11.1 Å². The number of anilines is 2. The summed E-state index contributed by atoms with van der Waals surface area (Å²) in [5, 5.41) is 2.18. The standard InChI is InChI=1S/C13H15ClF2N4O/c14-12-17-6-9-10(19-12)20(8-4-2-1-3-5-8)7-13(15,16)11(21)18-9/h6,8H,1-5,7H2,(H,18,21). The van der Waals surface area contributed by atoms with Crippen molar-refractivity contribution in [1.29, 1.82) is 0 Å². The van der Waals surface area contributed by atoms with Crippen LogP contribution in [0, 0.1) is 0 Å². The number of hydrogen-bond donors (Lipinski definition) is 1. The number of fused-ring (bicyclic) bond motifs is 1. The summed E-state index contributed by atoms with van der Waals surface area (Å²) in [7, 11) is 0. The van der Waals surface area contributed by atoms with Gasteiger partial charge in [0.1, 0.15) is 5.69 Å². The molecule has 0 bridgehead atoms. The Hall–Kier alpha value is -1.50. The minimum atomic E-state index is -3.47. The highest BCUT2D eigenvalue weighted by Crippen LogP contribution is 2.36. The molecule has 2 heterocycles. The molecule has 0 radical (unpaired) electrons. The van der Waals surface area contributed by atoms with Gasteiger partial charge in [-0.05, 0) is 24.4 Å². The van der Waals surface area contributed by atoms with Crippen LogP contribution in [0.25, 0.3) is 0 Å². The summed E-state index contributed by atoms with van der Waals surface area (Å²) in [5.41, 5.74) is 0.187. The Balaban J connectivity index is 2.03. The van der Waals surface area contributed by atoms with Crippen LogP contribution in [-0.2, 0) is 4.79 Å². The van der Waals surface area contributed by atoms with E-state index < -0.39 is 18.4 Å². The number of alkyl halides is 2. The lowest BCUT2D eigenvalue weighted by Crippen LogP contribution is -2.47. The molecular weight excluding hydrogens is 302 g/mol. The first-order chi connectivity index (χ1) is 9.97. The number of nitrogens with one attached hydrogen (secondary N) is 1. The summed E-state index contributed by atoms with van der Waals surface area (Å²) in [4.78, 5) is 21.0. The summed E-state index contributed by atoms with van der Waals surface area (Å²) >= 11 is 5.79. The molecule has 5 nitrogen and oxygen atoms in total. The van der Waals surface area contributed by atoms with Gasteiger partial charge < -0.3 is 10.2 Å². The summed E-state index contributed by atoms with van der Waals surface area (Å²) in [6.07, 6.45) is 5.98. The second-order valence-electron chi connectivity index (χ2n) is 5.45. The second-order valence-corrected chi connectivity index (χ2v) is 5.79. The zero-order chi connectivity index (χ0) is 15.0. The predicted molar refractivity (Wildman–Crippen MR) is 74.8 cm³/mol. The molecular formula is C13H15ClF2N4O. The molecule has 3 rings (SSSR count). The van der Waals surface area contributed by atoms with E-state index in [4.69, 9.17) is 11.6 Å². The largest absolute Gasteiger partial charge is 0.345 e. The Kier molecular flexibility index (Phi) is 3.69. The Morgan fingerprint density at radius 3 is 2.76 bits per heavy atom. The van der Waals surface area contributed by atoms with Crippen LogP contribution in [0.15, 0.2) is 6.20 Å². The van der Waals surface area contributed by atoms with E-state index in [0.29, 0.717) is 0 Å². The Morgan fingerprint density at radius 1 is 1.33 bits per heavy atom. The molecule has 1 amide bonds. The third-order valence-electron chi connectivity index (χ3n) is 3.98. The van der Waals surface area contributed by atoms with Gasteiger partial charge in [-0.1, -0.05) is 19.3 Å². The highest BCUT2D eigenvalue weighted by atomic mass is 35.5. The van der Waals surface area contributed by atoms with Gasteiger partial charge in [-0.2, -0.15) is 13.8 Å². The van der Waals surface area contributed by atoms with Crippen LogP contribution in [-0.4, -0.2) is 34.4 Å². The predicted octanol–water partition coefficient (Wildman–Crippen LogP) is 2.86. The van der Waals surface area contributed by atoms with Crippen molar-refractivity contribution in [2.75, 3.05) is 16.8 Å². The Morgan fingerprint density at radius 2 is 2.05 bits per heavy atom. The first-order valence-corrected chi connectivity index (χ1v) is 7.33. The maximum Gasteiger partial charge on any atom is 0.341 e. The van der Waals surface area contributed by atoms with E-state index in [-0.39, 0.29) is 22.8 Å². The maximum atomic E-state index is 14.0. The second kappa shape index (κ2) is 5.36. The summed E-state index contributed by atoms with van der Waals surface area (Å²) in [6.45, 7) is -0.677. The number of nitrogens with zero attached hydrogens (tertiary/aromatic N) is 3. The molecule has 0 spiro atoms. The quantitative estimate of drug-likeness (QED) is 0.809. The van der Waals surface area contributed by atoms with Gasteiger partial charge in [0.25, 0.3) is 5.91 Å². The van der Waals surface area contributed by atoms with E-state index in [9.17, 15) is 13.6 Å². The van der Waals surface area contributed by atoms with Crippen LogP contribution >= 0.6 is 11.6 Å². The minimum absolute atomic E-state index is 0.0194. The van der Waals surface area contributed by atoms with Crippen molar-refractivity contribution in [2.24, 2.45) is 0 Å². The van der Waals surface area contributed by atoms with Gasteiger partial charge >= 0.3 is 5.92 Å². The first-order valence-electron chi connectivity index (χ1n) is 6.96. The van der Waals surface area contributed by atoms with E-state index in [0.717, 1.165) is 32.1 Å². The third-order valence-corrected chi connectivity index (χ3v) is 4.16. The molecule has 1 fully saturated rings. The highest BCUT2D eigenvalue weighted by molar-refractivity contribution is 6.28. The van der Waals surface area contributed by atoms with E-state index >= 15 is 0 Å². The number of carbonyl (C=O) groups is 1. The van der Waals surface area contributed by atoms with Gasteiger partial charge in [-0.3, -0.25) is 4.79 Å². The fraction of sp³-hybridized carbons (Fsp3) is 0.615. The van der Waals surface area contributed by atoms with Crippen LogP contribution in [0.5, 0.6) is 0 Å². The zero-order valence-electron chi connectivity index (χ0n) is 11.3. The normalized spacial score (nSPS) is 22.4. The molecule has 0 atom stereocenters. The van der Waals surface area contributed by atoms with Gasteiger partial charge in [-0.25, -0.2) is 4.98 Å². The molecule has 114 valence electrons. The molecule has 1 aliphatic carbocycles. The van der Waals surface area contributed by atoms with Crippen molar-refractivity contribution in [2.45, 2.75) is 44.1 Å². The molecule has 0 aromatic carbocycles. The van der Waals surface area contributed by atoms with Gasteiger partial charge in [-0.15, -0.1) is 0 Å². The smallest absolute Gasteiger partial charge is 0.341 e. The van der Waals surface area contributed by atoms with Crippen molar-refractivity contribution < 1.29 is 13.6 Å². The molecule has 1 saturated carbocycles. The van der Waals surface area contributed by atoms with Crippen molar-refractivity contribution in [3.8, 4) is 0 Å². The zero-order valence-corrected chi connectivity index (χ0v) is 12.0. The van der Waals surface area contributed by atoms with Crippen molar-refractivity contribution >= 4 is 29.0 Å². The molecule has 0 unspecified atom stereocenters. The van der Waals surface area contributed by atoms with Crippen molar-refractivity contribution in [3.05, 3.63) is 11.5 Å². The summed E-state index contributed by atoms with van der Waals surface area (Å²) < 4.78 is 28.0. The van der Waals surface area contributed by atoms with E-state index in [1.54, 1.807) is 0 Å². The number of carbonyl (C=O) groups excluding carboxylic acids is 1. The lowest BCUT2D eigenvalue weighted by atomic mass is 9.94. The molecule has 1 aliphatic heterocycles. The SMILES string of the molecule is O=C1Nc2cnc(Cl)nc2N(C2CCCCC2)CC1(F)F. The molecule has 1 aromatic rings. The van der Waals surface area contributed by atoms with Crippen LogP contribution in [0.4, 0.5) is 20.3 Å². The lowest BCUT2D eigenvalue weighted by Gasteiger charge is -2.35. The molecule has 0 saturated heterocycles. The Labute approximate surface area is 125 Å².